The van der Waals surface area contributed by atoms with Crippen LogP contribution in [0.4, 0.5) is 0 Å². The van der Waals surface area contributed by atoms with Crippen LogP contribution in [0.15, 0.2) is 30.3 Å². The van der Waals surface area contributed by atoms with Gasteiger partial charge >= 0.3 is 0 Å². The fraction of sp³-hybridized carbons (Fsp3) is 0.533. The standard InChI is InChI=1S/C15H22N2O/c1-4-15(3)16-12(2)14(18)17(15)11-10-13-8-6-5-7-9-13/h5-9,12,16H,4,10-11H2,1-3H3/t12-,15-/m0/s1. The van der Waals surface area contributed by atoms with Crippen molar-refractivity contribution in [3.05, 3.63) is 35.9 Å². The van der Waals surface area contributed by atoms with Crippen molar-refractivity contribution in [2.75, 3.05) is 6.54 Å². The Kier molecular flexibility index (Phi) is 3.71. The van der Waals surface area contributed by atoms with Crippen LogP contribution in [-0.2, 0) is 11.2 Å². The predicted molar refractivity (Wildman–Crippen MR) is 73.2 cm³/mol. The summed E-state index contributed by atoms with van der Waals surface area (Å²) in [4.78, 5) is 14.2. The molecular weight excluding hydrogens is 224 g/mol. The molecular formula is C15H22N2O. The molecule has 1 aliphatic rings. The molecule has 1 saturated heterocycles. The molecule has 0 radical (unpaired) electrons. The number of amides is 1. The van der Waals surface area contributed by atoms with Crippen LogP contribution >= 0.6 is 0 Å². The van der Waals surface area contributed by atoms with Gasteiger partial charge in [-0.15, -0.1) is 0 Å². The third-order valence-electron chi connectivity index (χ3n) is 3.92. The number of rotatable bonds is 4. The molecule has 1 aromatic rings. The zero-order chi connectivity index (χ0) is 13.2. The first-order chi connectivity index (χ1) is 8.57. The number of carbonyl (C=O) groups excluding carboxylic acids is 1. The van der Waals surface area contributed by atoms with Crippen LogP contribution in [0.3, 0.4) is 0 Å². The van der Waals surface area contributed by atoms with Crippen LogP contribution in [0.25, 0.3) is 0 Å². The second kappa shape index (κ2) is 5.11. The fourth-order valence-electron chi connectivity index (χ4n) is 2.62. The number of benzene rings is 1. The van der Waals surface area contributed by atoms with Gasteiger partial charge in [0.2, 0.25) is 5.91 Å². The van der Waals surface area contributed by atoms with Crippen LogP contribution in [0.1, 0.15) is 32.8 Å². The van der Waals surface area contributed by atoms with E-state index in [1.54, 1.807) is 0 Å². The summed E-state index contributed by atoms with van der Waals surface area (Å²) in [5, 5.41) is 3.39. The van der Waals surface area contributed by atoms with Gasteiger partial charge in [-0.05, 0) is 32.3 Å². The van der Waals surface area contributed by atoms with Crippen molar-refractivity contribution in [3.8, 4) is 0 Å². The molecule has 1 heterocycles. The van der Waals surface area contributed by atoms with Crippen molar-refractivity contribution < 1.29 is 4.79 Å². The lowest BCUT2D eigenvalue weighted by Gasteiger charge is -2.34. The highest BCUT2D eigenvalue weighted by Gasteiger charge is 2.43. The van der Waals surface area contributed by atoms with Gasteiger partial charge in [0, 0.05) is 6.54 Å². The van der Waals surface area contributed by atoms with E-state index in [-0.39, 0.29) is 17.6 Å². The van der Waals surface area contributed by atoms with Crippen molar-refractivity contribution in [2.45, 2.75) is 45.3 Å². The number of hydrogen-bond donors (Lipinski definition) is 1. The summed E-state index contributed by atoms with van der Waals surface area (Å²) in [7, 11) is 0. The first-order valence-electron chi connectivity index (χ1n) is 6.70. The molecule has 1 N–H and O–H groups in total. The number of nitrogens with zero attached hydrogens (tertiary/aromatic N) is 1. The van der Waals surface area contributed by atoms with Gasteiger partial charge in [-0.1, -0.05) is 37.3 Å². The average molecular weight is 246 g/mol. The summed E-state index contributed by atoms with van der Waals surface area (Å²) in [5.41, 5.74) is 1.09. The third kappa shape index (κ3) is 2.41. The Labute approximate surface area is 109 Å². The Hall–Kier alpha value is -1.35. The molecule has 1 aliphatic heterocycles. The van der Waals surface area contributed by atoms with Crippen LogP contribution in [0.5, 0.6) is 0 Å². The monoisotopic (exact) mass is 246 g/mol. The third-order valence-corrected chi connectivity index (χ3v) is 3.92. The van der Waals surface area contributed by atoms with E-state index in [1.165, 1.54) is 5.56 Å². The summed E-state index contributed by atoms with van der Waals surface area (Å²) in [5.74, 6) is 0.218. The smallest absolute Gasteiger partial charge is 0.240 e. The lowest BCUT2D eigenvalue weighted by atomic mass is 10.1. The zero-order valence-electron chi connectivity index (χ0n) is 11.4. The van der Waals surface area contributed by atoms with Crippen LogP contribution < -0.4 is 5.32 Å². The average Bonchev–Trinajstić information content (AvgIpc) is 2.60. The van der Waals surface area contributed by atoms with E-state index in [9.17, 15) is 4.79 Å². The quantitative estimate of drug-likeness (QED) is 0.883. The topological polar surface area (TPSA) is 32.3 Å². The molecule has 1 aromatic carbocycles. The largest absolute Gasteiger partial charge is 0.323 e. The molecule has 3 nitrogen and oxygen atoms in total. The van der Waals surface area contributed by atoms with Crippen molar-refractivity contribution in [2.24, 2.45) is 0 Å². The highest BCUT2D eigenvalue weighted by Crippen LogP contribution is 2.24. The minimum absolute atomic E-state index is 0.0641. The Morgan fingerprint density at radius 3 is 2.61 bits per heavy atom. The molecule has 2 atom stereocenters. The highest BCUT2D eigenvalue weighted by molar-refractivity contribution is 5.84. The van der Waals surface area contributed by atoms with E-state index < -0.39 is 0 Å². The molecule has 0 aromatic heterocycles. The molecule has 98 valence electrons. The van der Waals surface area contributed by atoms with Crippen molar-refractivity contribution in [3.63, 3.8) is 0 Å². The maximum Gasteiger partial charge on any atom is 0.240 e. The van der Waals surface area contributed by atoms with Gasteiger partial charge in [0.1, 0.15) is 0 Å². The molecule has 3 heteroatoms. The minimum Gasteiger partial charge on any atom is -0.323 e. The second-order valence-corrected chi connectivity index (χ2v) is 5.22. The molecule has 2 rings (SSSR count). The van der Waals surface area contributed by atoms with Gasteiger partial charge in [-0.2, -0.15) is 0 Å². The number of nitrogens with one attached hydrogen (secondary N) is 1. The molecule has 18 heavy (non-hydrogen) atoms. The van der Waals surface area contributed by atoms with Gasteiger partial charge in [-0.3, -0.25) is 10.1 Å². The van der Waals surface area contributed by atoms with Crippen LogP contribution in [-0.4, -0.2) is 29.1 Å². The molecule has 0 aliphatic carbocycles. The van der Waals surface area contributed by atoms with E-state index in [2.05, 4.69) is 31.3 Å². The maximum atomic E-state index is 12.2. The number of carbonyl (C=O) groups is 1. The number of hydrogen-bond acceptors (Lipinski definition) is 2. The Morgan fingerprint density at radius 2 is 2.00 bits per heavy atom. The lowest BCUT2D eigenvalue weighted by Crippen LogP contribution is -2.50. The predicted octanol–water partition coefficient (Wildman–Crippen LogP) is 2.18. The second-order valence-electron chi connectivity index (χ2n) is 5.22. The maximum absolute atomic E-state index is 12.2. The highest BCUT2D eigenvalue weighted by atomic mass is 16.2. The van der Waals surface area contributed by atoms with Crippen LogP contribution in [0.2, 0.25) is 0 Å². The minimum atomic E-state index is -0.189. The summed E-state index contributed by atoms with van der Waals surface area (Å²) in [6, 6.07) is 10.3. The van der Waals surface area contributed by atoms with E-state index in [0.29, 0.717) is 0 Å². The van der Waals surface area contributed by atoms with Crippen molar-refractivity contribution >= 4 is 5.91 Å². The van der Waals surface area contributed by atoms with Crippen molar-refractivity contribution in [1.82, 2.24) is 10.2 Å². The summed E-state index contributed by atoms with van der Waals surface area (Å²) >= 11 is 0. The Balaban J connectivity index is 2.05. The molecule has 0 spiro atoms. The fourth-order valence-corrected chi connectivity index (χ4v) is 2.62. The summed E-state index contributed by atoms with van der Waals surface area (Å²) in [6.45, 7) is 6.95. The van der Waals surface area contributed by atoms with Crippen LogP contribution in [0, 0.1) is 0 Å². The first-order valence-corrected chi connectivity index (χ1v) is 6.70. The molecule has 0 unspecified atom stereocenters. The van der Waals surface area contributed by atoms with Gasteiger partial charge in [0.25, 0.3) is 0 Å². The Morgan fingerprint density at radius 1 is 1.33 bits per heavy atom. The molecule has 0 bridgehead atoms. The van der Waals surface area contributed by atoms with Crippen molar-refractivity contribution in [1.29, 1.82) is 0 Å². The van der Waals surface area contributed by atoms with Gasteiger partial charge < -0.3 is 4.90 Å². The SMILES string of the molecule is CC[C@@]1(C)N[C@@H](C)C(=O)N1CCc1ccccc1. The van der Waals surface area contributed by atoms with E-state index in [1.807, 2.05) is 30.0 Å². The summed E-state index contributed by atoms with van der Waals surface area (Å²) in [6.07, 6.45) is 1.84. The van der Waals surface area contributed by atoms with Gasteiger partial charge in [0.05, 0.1) is 11.7 Å². The van der Waals surface area contributed by atoms with E-state index in [0.717, 1.165) is 19.4 Å². The van der Waals surface area contributed by atoms with Gasteiger partial charge in [-0.25, -0.2) is 0 Å². The Bertz CT molecular complexity index is 418. The first kappa shape index (κ1) is 13.1. The van der Waals surface area contributed by atoms with E-state index >= 15 is 0 Å². The lowest BCUT2D eigenvalue weighted by molar-refractivity contribution is -0.131. The van der Waals surface area contributed by atoms with Gasteiger partial charge in [0.15, 0.2) is 0 Å². The normalized spacial score (nSPS) is 27.8. The zero-order valence-corrected chi connectivity index (χ0v) is 11.4. The molecule has 1 fully saturated rings. The van der Waals surface area contributed by atoms with E-state index in [4.69, 9.17) is 0 Å². The molecule has 1 amide bonds. The summed E-state index contributed by atoms with van der Waals surface area (Å²) < 4.78 is 0. The molecule has 0 saturated carbocycles.